The third-order valence-corrected chi connectivity index (χ3v) is 4.36. The molecule has 0 bridgehead atoms. The van der Waals surface area contributed by atoms with Crippen molar-refractivity contribution in [3.05, 3.63) is 35.1 Å². The molecule has 1 unspecified atom stereocenters. The number of ether oxygens (including phenoxy) is 1. The van der Waals surface area contributed by atoms with Crippen LogP contribution in [0.5, 0.6) is 0 Å². The van der Waals surface area contributed by atoms with Gasteiger partial charge in [0.15, 0.2) is 0 Å². The van der Waals surface area contributed by atoms with Crippen molar-refractivity contribution in [2.45, 2.75) is 37.3 Å². The fraction of sp³-hybridized carbons (Fsp3) is 0.533. The Labute approximate surface area is 129 Å². The molecule has 0 aromatic heterocycles. The van der Waals surface area contributed by atoms with Crippen LogP contribution in [0.2, 0.25) is 0 Å². The summed E-state index contributed by atoms with van der Waals surface area (Å²) in [4.78, 5) is 12.4. The van der Waals surface area contributed by atoms with Gasteiger partial charge in [0.25, 0.3) is 0 Å². The third kappa shape index (κ3) is 3.05. The number of halogens is 2. The maximum Gasteiger partial charge on any atom is 0.240 e. The molecule has 1 aromatic carbocycles. The Morgan fingerprint density at radius 3 is 2.81 bits per heavy atom. The molecule has 0 saturated carbocycles. The average molecular weight is 315 g/mol. The van der Waals surface area contributed by atoms with Crippen LogP contribution in [-0.4, -0.2) is 24.7 Å². The van der Waals surface area contributed by atoms with E-state index >= 15 is 0 Å². The lowest BCUT2D eigenvalue weighted by molar-refractivity contribution is -0.130. The van der Waals surface area contributed by atoms with Crippen LogP contribution in [0.4, 0.5) is 4.39 Å². The van der Waals surface area contributed by atoms with Crippen LogP contribution in [0.25, 0.3) is 0 Å². The molecule has 6 heteroatoms. The summed E-state index contributed by atoms with van der Waals surface area (Å²) in [6.07, 6.45) is 2.45. The van der Waals surface area contributed by atoms with E-state index in [0.717, 1.165) is 17.5 Å². The third-order valence-electron chi connectivity index (χ3n) is 4.36. The highest BCUT2D eigenvalue weighted by Crippen LogP contribution is 2.33. The zero-order chi connectivity index (χ0) is 14.2. The lowest BCUT2D eigenvalue weighted by atomic mass is 9.90. The molecule has 1 amide bonds. The van der Waals surface area contributed by atoms with E-state index in [9.17, 15) is 9.18 Å². The number of nitrogens with two attached hydrogens (primary N) is 1. The first-order valence-corrected chi connectivity index (χ1v) is 7.05. The smallest absolute Gasteiger partial charge is 0.240 e. The predicted octanol–water partition coefficient (Wildman–Crippen LogP) is 1.86. The monoisotopic (exact) mass is 314 g/mol. The molecule has 3 N–H and O–H groups in total. The van der Waals surface area contributed by atoms with Gasteiger partial charge >= 0.3 is 0 Å². The number of benzene rings is 1. The molecule has 0 spiro atoms. The van der Waals surface area contributed by atoms with Crippen molar-refractivity contribution < 1.29 is 13.9 Å². The van der Waals surface area contributed by atoms with Crippen LogP contribution in [0.1, 0.15) is 36.4 Å². The first kappa shape index (κ1) is 16.2. The minimum atomic E-state index is -0.853. The minimum Gasteiger partial charge on any atom is -0.381 e. The number of carbonyl (C=O) groups excluding carboxylic acids is 1. The molecule has 1 fully saturated rings. The summed E-state index contributed by atoms with van der Waals surface area (Å²) in [7, 11) is 0. The molecule has 3 rings (SSSR count). The molecule has 1 saturated heterocycles. The van der Waals surface area contributed by atoms with Gasteiger partial charge < -0.3 is 15.8 Å². The Hall–Kier alpha value is -1.17. The first-order valence-electron chi connectivity index (χ1n) is 7.05. The molecular formula is C15H20ClFN2O2. The Kier molecular flexibility index (Phi) is 4.86. The zero-order valence-electron chi connectivity index (χ0n) is 11.7. The van der Waals surface area contributed by atoms with Crippen molar-refractivity contribution in [3.63, 3.8) is 0 Å². The summed E-state index contributed by atoms with van der Waals surface area (Å²) in [5.41, 5.74) is 6.91. The number of amides is 1. The van der Waals surface area contributed by atoms with Crippen LogP contribution >= 0.6 is 12.4 Å². The van der Waals surface area contributed by atoms with E-state index in [0.29, 0.717) is 32.5 Å². The Bertz CT molecular complexity index is 532. The van der Waals surface area contributed by atoms with E-state index in [4.69, 9.17) is 10.5 Å². The summed E-state index contributed by atoms with van der Waals surface area (Å²) >= 11 is 0. The average Bonchev–Trinajstić information content (AvgIpc) is 2.84. The van der Waals surface area contributed by atoms with Gasteiger partial charge in [-0.2, -0.15) is 0 Å². The largest absolute Gasteiger partial charge is 0.381 e. The molecule has 21 heavy (non-hydrogen) atoms. The van der Waals surface area contributed by atoms with Crippen molar-refractivity contribution >= 4 is 18.3 Å². The Morgan fingerprint density at radius 1 is 1.38 bits per heavy atom. The summed E-state index contributed by atoms with van der Waals surface area (Å²) in [5, 5.41) is 2.99. The predicted molar refractivity (Wildman–Crippen MR) is 79.8 cm³/mol. The van der Waals surface area contributed by atoms with Crippen LogP contribution in [-0.2, 0) is 16.0 Å². The van der Waals surface area contributed by atoms with Gasteiger partial charge in [0.1, 0.15) is 5.82 Å². The molecule has 1 aliphatic carbocycles. The molecule has 1 aliphatic heterocycles. The maximum absolute atomic E-state index is 13.7. The van der Waals surface area contributed by atoms with Gasteiger partial charge in [-0.25, -0.2) is 4.39 Å². The number of carbonyl (C=O) groups is 1. The van der Waals surface area contributed by atoms with Crippen molar-refractivity contribution in [1.29, 1.82) is 0 Å². The van der Waals surface area contributed by atoms with E-state index in [-0.39, 0.29) is 30.2 Å². The van der Waals surface area contributed by atoms with Gasteiger partial charge in [0.2, 0.25) is 5.91 Å². The van der Waals surface area contributed by atoms with Crippen molar-refractivity contribution in [2.75, 3.05) is 13.2 Å². The quantitative estimate of drug-likeness (QED) is 0.876. The number of fused-ring (bicyclic) bond motifs is 1. The number of hydrogen-bond acceptors (Lipinski definition) is 3. The Balaban J connectivity index is 0.00000161. The van der Waals surface area contributed by atoms with Crippen molar-refractivity contribution in [3.8, 4) is 0 Å². The van der Waals surface area contributed by atoms with Crippen LogP contribution in [0.3, 0.4) is 0 Å². The van der Waals surface area contributed by atoms with Gasteiger partial charge in [0.05, 0.1) is 11.6 Å². The zero-order valence-corrected chi connectivity index (χ0v) is 12.5. The SMILES string of the molecule is Cl.NC1(C(=O)NC2CCc3c(F)cccc32)CCOCC1. The van der Waals surface area contributed by atoms with E-state index in [1.165, 1.54) is 6.07 Å². The normalized spacial score (nSPS) is 23.0. The van der Waals surface area contributed by atoms with Gasteiger partial charge in [-0.1, -0.05) is 12.1 Å². The lowest BCUT2D eigenvalue weighted by Crippen LogP contribution is -2.57. The number of hydrogen-bond donors (Lipinski definition) is 2. The molecule has 2 aliphatic rings. The lowest BCUT2D eigenvalue weighted by Gasteiger charge is -2.33. The fourth-order valence-electron chi connectivity index (χ4n) is 3.02. The van der Waals surface area contributed by atoms with Crippen molar-refractivity contribution in [1.82, 2.24) is 5.32 Å². The standard InChI is InChI=1S/C15H19FN2O2.ClH/c16-12-3-1-2-11-10(12)4-5-13(11)18-14(19)15(17)6-8-20-9-7-15;/h1-3,13H,4-9,17H2,(H,18,19);1H. The van der Waals surface area contributed by atoms with Gasteiger partial charge in [-0.05, 0) is 42.9 Å². The second-order valence-corrected chi connectivity index (χ2v) is 5.64. The number of rotatable bonds is 2. The molecular weight excluding hydrogens is 295 g/mol. The van der Waals surface area contributed by atoms with Gasteiger partial charge in [-0.15, -0.1) is 12.4 Å². The van der Waals surface area contributed by atoms with Crippen molar-refractivity contribution in [2.24, 2.45) is 5.73 Å². The molecule has 1 aromatic rings. The maximum atomic E-state index is 13.7. The fourth-order valence-corrected chi connectivity index (χ4v) is 3.02. The minimum absolute atomic E-state index is 0. The summed E-state index contributed by atoms with van der Waals surface area (Å²) in [5.74, 6) is -0.337. The van der Waals surface area contributed by atoms with E-state index in [2.05, 4.69) is 5.32 Å². The Morgan fingerprint density at radius 2 is 2.10 bits per heavy atom. The van der Waals surface area contributed by atoms with Gasteiger partial charge in [0, 0.05) is 13.2 Å². The molecule has 0 radical (unpaired) electrons. The topological polar surface area (TPSA) is 64.4 Å². The second-order valence-electron chi connectivity index (χ2n) is 5.64. The van der Waals surface area contributed by atoms with Crippen LogP contribution in [0, 0.1) is 5.82 Å². The summed E-state index contributed by atoms with van der Waals surface area (Å²) < 4.78 is 18.9. The van der Waals surface area contributed by atoms with Crippen LogP contribution < -0.4 is 11.1 Å². The number of nitrogens with one attached hydrogen (secondary N) is 1. The first-order chi connectivity index (χ1) is 9.60. The molecule has 1 heterocycles. The van der Waals surface area contributed by atoms with E-state index in [1.807, 2.05) is 6.07 Å². The highest BCUT2D eigenvalue weighted by molar-refractivity contribution is 5.86. The van der Waals surface area contributed by atoms with Crippen LogP contribution in [0.15, 0.2) is 18.2 Å². The van der Waals surface area contributed by atoms with E-state index in [1.54, 1.807) is 6.07 Å². The van der Waals surface area contributed by atoms with E-state index < -0.39 is 5.54 Å². The summed E-state index contributed by atoms with van der Waals surface area (Å²) in [6.45, 7) is 1.03. The molecule has 1 atom stereocenters. The molecule has 116 valence electrons. The second kappa shape index (κ2) is 6.30. The highest BCUT2D eigenvalue weighted by atomic mass is 35.5. The highest BCUT2D eigenvalue weighted by Gasteiger charge is 2.38. The molecule has 4 nitrogen and oxygen atoms in total. The van der Waals surface area contributed by atoms with Gasteiger partial charge in [-0.3, -0.25) is 4.79 Å². The summed E-state index contributed by atoms with van der Waals surface area (Å²) in [6, 6.07) is 4.90.